The molecule has 0 unspecified atom stereocenters. The van der Waals surface area contributed by atoms with E-state index in [1.165, 1.54) is 12.1 Å². The number of carbonyl (C=O) groups is 1. The highest BCUT2D eigenvalue weighted by Crippen LogP contribution is 2.29. The first-order valence-electron chi connectivity index (χ1n) is 6.50. The van der Waals surface area contributed by atoms with Gasteiger partial charge in [-0.15, -0.1) is 12.4 Å². The van der Waals surface area contributed by atoms with Gasteiger partial charge < -0.3 is 11.1 Å². The van der Waals surface area contributed by atoms with Gasteiger partial charge in [-0.2, -0.15) is 0 Å². The molecule has 3 nitrogen and oxygen atoms in total. The molecule has 1 aliphatic carbocycles. The van der Waals surface area contributed by atoms with E-state index in [2.05, 4.69) is 5.32 Å². The van der Waals surface area contributed by atoms with Gasteiger partial charge in [-0.1, -0.05) is 30.5 Å². The predicted octanol–water partition coefficient (Wildman–Crippen LogP) is 2.83. The van der Waals surface area contributed by atoms with Crippen LogP contribution >= 0.6 is 24.0 Å². The van der Waals surface area contributed by atoms with Crippen molar-refractivity contribution in [3.63, 3.8) is 0 Å². The van der Waals surface area contributed by atoms with Crippen LogP contribution in [0.1, 0.15) is 31.2 Å². The lowest BCUT2D eigenvalue weighted by molar-refractivity contribution is -0.122. The van der Waals surface area contributed by atoms with Crippen LogP contribution in [0, 0.1) is 5.82 Å². The molecule has 0 heterocycles. The van der Waals surface area contributed by atoms with Gasteiger partial charge in [0, 0.05) is 17.1 Å². The highest BCUT2D eigenvalue weighted by Gasteiger charge is 2.33. The molecule has 1 amide bonds. The number of hydrogen-bond acceptors (Lipinski definition) is 2. The highest BCUT2D eigenvalue weighted by atomic mass is 35.5. The van der Waals surface area contributed by atoms with E-state index in [9.17, 15) is 9.18 Å². The summed E-state index contributed by atoms with van der Waals surface area (Å²) in [7, 11) is 0. The van der Waals surface area contributed by atoms with Gasteiger partial charge in [0.05, 0.1) is 12.0 Å². The van der Waals surface area contributed by atoms with Gasteiger partial charge in [-0.3, -0.25) is 4.79 Å². The SMILES string of the molecule is Cl.NCC1(NC(=O)Cc2c(F)cccc2Cl)CCCC1. The van der Waals surface area contributed by atoms with Crippen molar-refractivity contribution in [3.8, 4) is 0 Å². The molecule has 0 aromatic heterocycles. The smallest absolute Gasteiger partial charge is 0.225 e. The fourth-order valence-electron chi connectivity index (χ4n) is 2.63. The first-order chi connectivity index (χ1) is 9.06. The second-order valence-electron chi connectivity index (χ2n) is 5.12. The fourth-order valence-corrected chi connectivity index (χ4v) is 2.86. The van der Waals surface area contributed by atoms with Crippen molar-refractivity contribution in [3.05, 3.63) is 34.6 Å². The number of benzene rings is 1. The summed E-state index contributed by atoms with van der Waals surface area (Å²) in [6.45, 7) is 0.420. The van der Waals surface area contributed by atoms with E-state index in [0.29, 0.717) is 6.54 Å². The maximum absolute atomic E-state index is 13.6. The number of nitrogens with one attached hydrogen (secondary N) is 1. The summed E-state index contributed by atoms with van der Waals surface area (Å²) in [5.41, 5.74) is 5.69. The molecule has 0 aliphatic heterocycles. The number of nitrogens with two attached hydrogens (primary N) is 1. The van der Waals surface area contributed by atoms with E-state index in [1.54, 1.807) is 6.07 Å². The second-order valence-corrected chi connectivity index (χ2v) is 5.52. The Morgan fingerprint density at radius 2 is 2.05 bits per heavy atom. The zero-order valence-corrected chi connectivity index (χ0v) is 12.7. The lowest BCUT2D eigenvalue weighted by Gasteiger charge is -2.28. The standard InChI is InChI=1S/C14H18ClFN2O.ClH/c15-11-4-3-5-12(16)10(11)8-13(19)18-14(9-17)6-1-2-7-14;/h3-5H,1-2,6-9,17H2,(H,18,19);1H. The number of hydrogen-bond donors (Lipinski definition) is 2. The van der Waals surface area contributed by atoms with Gasteiger partial charge in [0.15, 0.2) is 0 Å². The van der Waals surface area contributed by atoms with Crippen molar-refractivity contribution in [2.45, 2.75) is 37.6 Å². The topological polar surface area (TPSA) is 55.1 Å². The summed E-state index contributed by atoms with van der Waals surface area (Å²) in [6, 6.07) is 4.42. The minimum atomic E-state index is -0.448. The number of halogens is 3. The van der Waals surface area contributed by atoms with Gasteiger partial charge in [0.2, 0.25) is 5.91 Å². The van der Waals surface area contributed by atoms with Crippen molar-refractivity contribution in [2.75, 3.05) is 6.54 Å². The number of rotatable bonds is 4. The third-order valence-corrected chi connectivity index (χ3v) is 4.11. The zero-order chi connectivity index (χ0) is 13.9. The van der Waals surface area contributed by atoms with Crippen LogP contribution in [0.3, 0.4) is 0 Å². The average Bonchev–Trinajstić information content (AvgIpc) is 2.83. The van der Waals surface area contributed by atoms with Crippen LogP contribution in [0.15, 0.2) is 18.2 Å². The van der Waals surface area contributed by atoms with E-state index in [0.717, 1.165) is 25.7 Å². The molecule has 0 spiro atoms. The Morgan fingerprint density at radius 1 is 1.40 bits per heavy atom. The third-order valence-electron chi connectivity index (χ3n) is 3.76. The first-order valence-corrected chi connectivity index (χ1v) is 6.88. The molecule has 0 bridgehead atoms. The normalized spacial score (nSPS) is 16.6. The van der Waals surface area contributed by atoms with E-state index in [-0.39, 0.29) is 40.9 Å². The summed E-state index contributed by atoms with van der Waals surface area (Å²) in [4.78, 5) is 12.0. The van der Waals surface area contributed by atoms with Crippen LogP contribution in [0.5, 0.6) is 0 Å². The third kappa shape index (κ3) is 3.84. The molecular formula is C14H19Cl2FN2O. The van der Waals surface area contributed by atoms with Crippen molar-refractivity contribution in [2.24, 2.45) is 5.73 Å². The molecule has 1 fully saturated rings. The molecule has 1 aromatic rings. The molecule has 1 aliphatic rings. The molecule has 0 radical (unpaired) electrons. The van der Waals surface area contributed by atoms with Crippen LogP contribution in [-0.2, 0) is 11.2 Å². The lowest BCUT2D eigenvalue weighted by Crippen LogP contribution is -2.52. The van der Waals surface area contributed by atoms with Crippen molar-refractivity contribution < 1.29 is 9.18 Å². The van der Waals surface area contributed by atoms with E-state index >= 15 is 0 Å². The first kappa shape index (κ1) is 17.2. The van der Waals surface area contributed by atoms with Crippen LogP contribution in [0.4, 0.5) is 4.39 Å². The van der Waals surface area contributed by atoms with Crippen molar-refractivity contribution >= 4 is 29.9 Å². The molecule has 1 saturated carbocycles. The van der Waals surface area contributed by atoms with E-state index in [1.807, 2.05) is 0 Å². The Bertz CT molecular complexity index is 456. The Balaban J connectivity index is 0.00000200. The highest BCUT2D eigenvalue weighted by molar-refractivity contribution is 6.31. The number of carbonyl (C=O) groups excluding carboxylic acids is 1. The fraction of sp³-hybridized carbons (Fsp3) is 0.500. The lowest BCUT2D eigenvalue weighted by atomic mass is 9.97. The van der Waals surface area contributed by atoms with Crippen molar-refractivity contribution in [1.82, 2.24) is 5.32 Å². The van der Waals surface area contributed by atoms with E-state index < -0.39 is 5.82 Å². The maximum Gasteiger partial charge on any atom is 0.225 e. The summed E-state index contributed by atoms with van der Waals surface area (Å²) in [6.07, 6.45) is 3.86. The van der Waals surface area contributed by atoms with Gasteiger partial charge in [-0.05, 0) is 25.0 Å². The zero-order valence-electron chi connectivity index (χ0n) is 11.1. The van der Waals surface area contributed by atoms with Gasteiger partial charge in [0.25, 0.3) is 0 Å². The van der Waals surface area contributed by atoms with E-state index in [4.69, 9.17) is 17.3 Å². The predicted molar refractivity (Wildman–Crippen MR) is 80.8 cm³/mol. The largest absolute Gasteiger partial charge is 0.349 e. The van der Waals surface area contributed by atoms with Crippen LogP contribution in [0.2, 0.25) is 5.02 Å². The summed E-state index contributed by atoms with van der Waals surface area (Å²) >= 11 is 5.91. The molecule has 0 atom stereocenters. The van der Waals surface area contributed by atoms with Crippen molar-refractivity contribution in [1.29, 1.82) is 0 Å². The average molecular weight is 321 g/mol. The number of amides is 1. The van der Waals surface area contributed by atoms with Gasteiger partial charge >= 0.3 is 0 Å². The molecule has 2 rings (SSSR count). The van der Waals surface area contributed by atoms with Crippen LogP contribution in [-0.4, -0.2) is 18.0 Å². The summed E-state index contributed by atoms with van der Waals surface area (Å²) < 4.78 is 13.6. The molecular weight excluding hydrogens is 302 g/mol. The molecule has 3 N–H and O–H groups in total. The Labute approximate surface area is 129 Å². The monoisotopic (exact) mass is 320 g/mol. The Morgan fingerprint density at radius 3 is 2.60 bits per heavy atom. The maximum atomic E-state index is 13.6. The molecule has 20 heavy (non-hydrogen) atoms. The summed E-state index contributed by atoms with van der Waals surface area (Å²) in [5, 5.41) is 3.24. The van der Waals surface area contributed by atoms with Crippen LogP contribution < -0.4 is 11.1 Å². The Hall–Kier alpha value is -0.840. The summed E-state index contributed by atoms with van der Waals surface area (Å²) in [5.74, 6) is -0.671. The second kappa shape index (κ2) is 7.25. The minimum absolute atomic E-state index is 0. The molecule has 0 saturated heterocycles. The Kier molecular flexibility index (Phi) is 6.24. The molecule has 6 heteroatoms. The quantitative estimate of drug-likeness (QED) is 0.896. The molecule has 112 valence electrons. The van der Waals surface area contributed by atoms with Crippen LogP contribution in [0.25, 0.3) is 0 Å². The molecule has 1 aromatic carbocycles. The van der Waals surface area contributed by atoms with Gasteiger partial charge in [0.1, 0.15) is 5.82 Å². The van der Waals surface area contributed by atoms with Gasteiger partial charge in [-0.25, -0.2) is 4.39 Å². The minimum Gasteiger partial charge on any atom is -0.349 e.